The summed E-state index contributed by atoms with van der Waals surface area (Å²) in [7, 11) is 0. The minimum Gasteiger partial charge on any atom is -0.353 e. The average molecular weight is 395 g/mol. The molecule has 4 bridgehead atoms. The summed E-state index contributed by atoms with van der Waals surface area (Å²) in [6, 6.07) is 11.8. The normalized spacial score (nSPS) is 43.3. The lowest BCUT2D eigenvalue weighted by Crippen LogP contribution is -2.63. The Balaban J connectivity index is 1.46. The van der Waals surface area contributed by atoms with Crippen LogP contribution in [0.5, 0.6) is 0 Å². The number of hydrogen-bond donors (Lipinski definition) is 2. The number of hydrogen-bond acceptors (Lipinski definition) is 2. The Morgan fingerprint density at radius 2 is 1.79 bits per heavy atom. The SMILES string of the molecule is CCC[C@]12CC3CC(C(=O)NC4CCC(N)CC4)(C1)C[C@@](c1ccccc1)(C3)C2. The topological polar surface area (TPSA) is 55.1 Å². The summed E-state index contributed by atoms with van der Waals surface area (Å²) in [5.41, 5.74) is 8.02. The number of amides is 1. The van der Waals surface area contributed by atoms with Crippen molar-refractivity contribution in [3.63, 3.8) is 0 Å². The van der Waals surface area contributed by atoms with Gasteiger partial charge in [-0.25, -0.2) is 0 Å². The van der Waals surface area contributed by atoms with Gasteiger partial charge in [-0.3, -0.25) is 4.79 Å². The maximum Gasteiger partial charge on any atom is 0.226 e. The number of nitrogens with one attached hydrogen (secondary N) is 1. The highest BCUT2D eigenvalue weighted by Gasteiger charge is 2.65. The third kappa shape index (κ3) is 3.34. The van der Waals surface area contributed by atoms with Crippen LogP contribution in [0.1, 0.15) is 89.5 Å². The summed E-state index contributed by atoms with van der Waals surface area (Å²) in [5, 5.41) is 3.53. The van der Waals surface area contributed by atoms with E-state index in [9.17, 15) is 4.79 Å². The second kappa shape index (κ2) is 7.11. The van der Waals surface area contributed by atoms with Gasteiger partial charge in [0.2, 0.25) is 5.91 Å². The van der Waals surface area contributed by atoms with Crippen LogP contribution in [0.4, 0.5) is 0 Å². The first-order valence-corrected chi connectivity index (χ1v) is 12.1. The lowest BCUT2D eigenvalue weighted by molar-refractivity contribution is -0.164. The lowest BCUT2D eigenvalue weighted by Gasteiger charge is -2.66. The number of carbonyl (C=O) groups excluding carboxylic acids is 1. The predicted molar refractivity (Wildman–Crippen MR) is 117 cm³/mol. The van der Waals surface area contributed by atoms with Gasteiger partial charge < -0.3 is 11.1 Å². The van der Waals surface area contributed by atoms with Crippen LogP contribution in [-0.2, 0) is 10.2 Å². The Hall–Kier alpha value is -1.35. The smallest absolute Gasteiger partial charge is 0.226 e. The molecule has 5 aliphatic rings. The second-order valence-corrected chi connectivity index (χ2v) is 11.3. The number of carbonyl (C=O) groups is 1. The van der Waals surface area contributed by atoms with Crippen molar-refractivity contribution in [2.24, 2.45) is 22.5 Å². The zero-order chi connectivity index (χ0) is 20.1. The first-order chi connectivity index (χ1) is 14.0. The first-order valence-electron chi connectivity index (χ1n) is 12.1. The molecule has 3 nitrogen and oxygen atoms in total. The first kappa shape index (κ1) is 19.6. The molecule has 3 N–H and O–H groups in total. The summed E-state index contributed by atoms with van der Waals surface area (Å²) < 4.78 is 0. The van der Waals surface area contributed by atoms with Crippen LogP contribution >= 0.6 is 0 Å². The van der Waals surface area contributed by atoms with E-state index in [2.05, 4.69) is 42.6 Å². The van der Waals surface area contributed by atoms with Gasteiger partial charge in [-0.1, -0.05) is 43.7 Å². The third-order valence-corrected chi connectivity index (χ3v) is 8.94. The fourth-order valence-corrected chi connectivity index (χ4v) is 8.42. The van der Waals surface area contributed by atoms with E-state index in [1.807, 2.05) is 0 Å². The molecule has 29 heavy (non-hydrogen) atoms. The molecule has 4 atom stereocenters. The molecule has 158 valence electrons. The van der Waals surface area contributed by atoms with Crippen molar-refractivity contribution in [3.05, 3.63) is 35.9 Å². The van der Waals surface area contributed by atoms with Gasteiger partial charge in [-0.2, -0.15) is 0 Å². The molecule has 0 spiro atoms. The van der Waals surface area contributed by atoms with Gasteiger partial charge in [0, 0.05) is 12.1 Å². The van der Waals surface area contributed by atoms with E-state index in [1.165, 1.54) is 37.7 Å². The Labute approximate surface area is 176 Å². The molecule has 0 heterocycles. The van der Waals surface area contributed by atoms with Gasteiger partial charge in [-0.05, 0) is 92.9 Å². The standard InChI is InChI=1S/C26H38N2O/c1-2-12-24-13-19-14-25(16-24,20-6-4-3-5-7-20)18-26(15-19,17-24)23(29)28-22-10-8-21(27)9-11-22/h3-7,19,21-22H,2,8-18,27H2,1H3,(H,28,29)/t19?,21?,22?,24-,25-,26?/m1/s1. The summed E-state index contributed by atoms with van der Waals surface area (Å²) in [4.78, 5) is 13.8. The molecule has 5 saturated carbocycles. The van der Waals surface area contributed by atoms with Gasteiger partial charge in [0.05, 0.1) is 5.41 Å². The summed E-state index contributed by atoms with van der Waals surface area (Å²) in [6.07, 6.45) is 13.9. The maximum atomic E-state index is 13.8. The van der Waals surface area contributed by atoms with Crippen molar-refractivity contribution in [1.29, 1.82) is 0 Å². The quantitative estimate of drug-likeness (QED) is 0.731. The van der Waals surface area contributed by atoms with Crippen molar-refractivity contribution in [3.8, 4) is 0 Å². The van der Waals surface area contributed by atoms with Crippen molar-refractivity contribution in [2.75, 3.05) is 0 Å². The molecule has 5 fully saturated rings. The molecule has 2 unspecified atom stereocenters. The van der Waals surface area contributed by atoms with Crippen LogP contribution in [0.15, 0.2) is 30.3 Å². The second-order valence-electron chi connectivity index (χ2n) is 11.3. The molecule has 5 aliphatic carbocycles. The fraction of sp³-hybridized carbons (Fsp3) is 0.731. The highest BCUT2D eigenvalue weighted by atomic mass is 16.2. The van der Waals surface area contributed by atoms with Crippen LogP contribution in [0, 0.1) is 16.7 Å². The van der Waals surface area contributed by atoms with Crippen LogP contribution in [-0.4, -0.2) is 18.0 Å². The van der Waals surface area contributed by atoms with E-state index < -0.39 is 0 Å². The number of rotatable bonds is 5. The number of benzene rings is 1. The van der Waals surface area contributed by atoms with Crippen molar-refractivity contribution >= 4 is 5.91 Å². The van der Waals surface area contributed by atoms with E-state index >= 15 is 0 Å². The third-order valence-electron chi connectivity index (χ3n) is 8.94. The van der Waals surface area contributed by atoms with Gasteiger partial charge in [0.1, 0.15) is 0 Å². The van der Waals surface area contributed by atoms with Gasteiger partial charge in [0.15, 0.2) is 0 Å². The number of nitrogens with two attached hydrogens (primary N) is 1. The highest BCUT2D eigenvalue weighted by Crippen LogP contribution is 2.71. The van der Waals surface area contributed by atoms with Crippen molar-refractivity contribution < 1.29 is 4.79 Å². The average Bonchev–Trinajstić information content (AvgIpc) is 2.69. The van der Waals surface area contributed by atoms with Gasteiger partial charge in [-0.15, -0.1) is 0 Å². The monoisotopic (exact) mass is 394 g/mol. The molecule has 3 heteroatoms. The molecule has 1 amide bonds. The van der Waals surface area contributed by atoms with E-state index in [-0.39, 0.29) is 10.8 Å². The molecular formula is C26H38N2O. The maximum absolute atomic E-state index is 13.8. The molecule has 1 aromatic rings. The zero-order valence-electron chi connectivity index (χ0n) is 18.1. The molecule has 0 radical (unpaired) electrons. The molecular weight excluding hydrogens is 356 g/mol. The minimum absolute atomic E-state index is 0.149. The van der Waals surface area contributed by atoms with Crippen molar-refractivity contribution in [1.82, 2.24) is 5.32 Å². The van der Waals surface area contributed by atoms with Gasteiger partial charge in [0.25, 0.3) is 0 Å². The summed E-state index contributed by atoms with van der Waals surface area (Å²) in [6.45, 7) is 2.33. The molecule has 0 saturated heterocycles. The Morgan fingerprint density at radius 1 is 1.03 bits per heavy atom. The molecule has 0 aromatic heterocycles. The van der Waals surface area contributed by atoms with E-state index in [1.54, 1.807) is 0 Å². The Kier molecular flexibility index (Phi) is 4.81. The molecule has 1 aromatic carbocycles. The minimum atomic E-state index is -0.149. The fourth-order valence-electron chi connectivity index (χ4n) is 8.42. The largest absolute Gasteiger partial charge is 0.353 e. The van der Waals surface area contributed by atoms with Crippen LogP contribution < -0.4 is 11.1 Å². The predicted octanol–water partition coefficient (Wildman–Crippen LogP) is 5.08. The van der Waals surface area contributed by atoms with Gasteiger partial charge >= 0.3 is 0 Å². The Morgan fingerprint density at radius 3 is 2.52 bits per heavy atom. The van der Waals surface area contributed by atoms with E-state index in [0.29, 0.717) is 29.3 Å². The molecule has 0 aliphatic heterocycles. The summed E-state index contributed by atoms with van der Waals surface area (Å²) >= 11 is 0. The lowest BCUT2D eigenvalue weighted by atomic mass is 9.37. The summed E-state index contributed by atoms with van der Waals surface area (Å²) in [5.74, 6) is 1.09. The van der Waals surface area contributed by atoms with Crippen LogP contribution in [0.2, 0.25) is 0 Å². The van der Waals surface area contributed by atoms with E-state index in [4.69, 9.17) is 5.73 Å². The van der Waals surface area contributed by atoms with Crippen molar-refractivity contribution in [2.45, 2.75) is 101 Å². The van der Waals surface area contributed by atoms with E-state index in [0.717, 1.165) is 44.9 Å². The highest BCUT2D eigenvalue weighted by molar-refractivity contribution is 5.84. The Bertz CT molecular complexity index is 755. The molecule has 6 rings (SSSR count). The zero-order valence-corrected chi connectivity index (χ0v) is 18.1. The van der Waals surface area contributed by atoms with Crippen LogP contribution in [0.25, 0.3) is 0 Å². The van der Waals surface area contributed by atoms with Crippen LogP contribution in [0.3, 0.4) is 0 Å².